The van der Waals surface area contributed by atoms with Crippen molar-refractivity contribution in [3.8, 4) is 0 Å². The van der Waals surface area contributed by atoms with Crippen molar-refractivity contribution in [2.75, 3.05) is 36.9 Å². The topological polar surface area (TPSA) is 91.5 Å². The molecule has 182 valence electrons. The van der Waals surface area contributed by atoms with E-state index in [-0.39, 0.29) is 23.6 Å². The Balaban J connectivity index is 1.55. The van der Waals surface area contributed by atoms with Gasteiger partial charge in [-0.05, 0) is 18.6 Å². The molecule has 3 aromatic heterocycles. The molecule has 1 amide bonds. The van der Waals surface area contributed by atoms with Crippen molar-refractivity contribution < 1.29 is 18.0 Å². The predicted octanol–water partition coefficient (Wildman–Crippen LogP) is 3.07. The fourth-order valence-electron chi connectivity index (χ4n) is 4.33. The highest BCUT2D eigenvalue weighted by molar-refractivity contribution is 5.95. The van der Waals surface area contributed by atoms with Gasteiger partial charge in [-0.25, -0.2) is 23.1 Å². The van der Waals surface area contributed by atoms with E-state index in [0.29, 0.717) is 41.3 Å². The van der Waals surface area contributed by atoms with Gasteiger partial charge in [0.15, 0.2) is 11.3 Å². The molecule has 4 aromatic rings. The lowest BCUT2D eigenvalue weighted by atomic mass is 10.0. The maximum atomic E-state index is 15.0. The Morgan fingerprint density at radius 2 is 2.00 bits per heavy atom. The first-order chi connectivity index (χ1) is 16.8. The third-order valence-electron chi connectivity index (χ3n) is 6.25. The average molecular weight is 484 g/mol. The van der Waals surface area contributed by atoms with E-state index in [0.717, 1.165) is 0 Å². The fourth-order valence-corrected chi connectivity index (χ4v) is 4.33. The Labute approximate surface area is 198 Å². The Kier molecular flexibility index (Phi) is 5.87. The van der Waals surface area contributed by atoms with Crippen molar-refractivity contribution in [2.45, 2.75) is 25.8 Å². The Bertz CT molecular complexity index is 1410. The van der Waals surface area contributed by atoms with Crippen LogP contribution in [0.4, 0.5) is 24.7 Å². The molecule has 0 saturated carbocycles. The highest BCUT2D eigenvalue weighted by Gasteiger charge is 2.25. The quantitative estimate of drug-likeness (QED) is 0.450. The summed E-state index contributed by atoms with van der Waals surface area (Å²) in [5.41, 5.74) is 2.01. The summed E-state index contributed by atoms with van der Waals surface area (Å²) in [7, 11) is 1.76. The number of carbonyl (C=O) groups is 1. The van der Waals surface area contributed by atoms with Crippen LogP contribution in [-0.4, -0.2) is 68.5 Å². The molecule has 0 spiro atoms. The van der Waals surface area contributed by atoms with Crippen molar-refractivity contribution in [1.29, 1.82) is 0 Å². The first-order valence-electron chi connectivity index (χ1n) is 11.1. The number of alkyl halides is 2. The molecule has 4 heterocycles. The number of aromatic nitrogens is 5. The van der Waals surface area contributed by atoms with Crippen LogP contribution in [0.2, 0.25) is 0 Å². The molecular weight excluding hydrogens is 461 g/mol. The number of piperazine rings is 1. The summed E-state index contributed by atoms with van der Waals surface area (Å²) in [5, 5.41) is 12.1. The number of fused-ring (bicyclic) bond motifs is 3. The molecule has 0 radical (unpaired) electrons. The molecule has 1 aliphatic rings. The van der Waals surface area contributed by atoms with E-state index in [1.54, 1.807) is 35.4 Å². The maximum Gasteiger partial charge on any atom is 0.242 e. The van der Waals surface area contributed by atoms with Crippen LogP contribution in [0.5, 0.6) is 0 Å². The zero-order valence-electron chi connectivity index (χ0n) is 19.1. The molecule has 12 heteroatoms. The fraction of sp³-hybridized carbons (Fsp3) is 0.348. The third-order valence-corrected chi connectivity index (χ3v) is 6.25. The molecule has 0 bridgehead atoms. The summed E-state index contributed by atoms with van der Waals surface area (Å²) >= 11 is 0. The largest absolute Gasteiger partial charge is 0.363 e. The van der Waals surface area contributed by atoms with E-state index >= 15 is 0 Å². The highest BCUT2D eigenvalue weighted by Crippen LogP contribution is 2.32. The van der Waals surface area contributed by atoms with Gasteiger partial charge in [0.25, 0.3) is 0 Å². The second kappa shape index (κ2) is 9.01. The predicted molar refractivity (Wildman–Crippen MR) is 124 cm³/mol. The monoisotopic (exact) mass is 484 g/mol. The number of hydrogen-bond acceptors (Lipinski definition) is 7. The summed E-state index contributed by atoms with van der Waals surface area (Å²) in [6, 6.07) is 5.76. The van der Waals surface area contributed by atoms with Crippen molar-refractivity contribution in [2.24, 2.45) is 0 Å². The molecule has 1 N–H and O–H groups in total. The minimum Gasteiger partial charge on any atom is -0.363 e. The summed E-state index contributed by atoms with van der Waals surface area (Å²) in [6.45, 7) is 3.11. The Hall–Kier alpha value is -3.96. The molecule has 35 heavy (non-hydrogen) atoms. The first-order valence-corrected chi connectivity index (χ1v) is 11.1. The first kappa shape index (κ1) is 22.8. The number of amides is 1. The number of likely N-dealkylation sites (N-methyl/N-ethyl adjacent to an activating group) is 1. The normalized spacial score (nSPS) is 15.4. The number of benzene rings is 1. The van der Waals surface area contributed by atoms with Gasteiger partial charge in [0, 0.05) is 32.1 Å². The molecule has 1 aliphatic heterocycles. The molecule has 1 aromatic carbocycles. The van der Waals surface area contributed by atoms with Gasteiger partial charge in [-0.3, -0.25) is 9.20 Å². The summed E-state index contributed by atoms with van der Waals surface area (Å²) in [4.78, 5) is 24.7. The van der Waals surface area contributed by atoms with Gasteiger partial charge >= 0.3 is 0 Å². The molecule has 1 atom stereocenters. The Morgan fingerprint density at radius 3 is 2.77 bits per heavy atom. The van der Waals surface area contributed by atoms with Gasteiger partial charge in [0.05, 0.1) is 23.7 Å². The lowest BCUT2D eigenvalue weighted by Crippen LogP contribution is -2.48. The van der Waals surface area contributed by atoms with E-state index < -0.39 is 24.7 Å². The van der Waals surface area contributed by atoms with Crippen LogP contribution in [0.3, 0.4) is 0 Å². The van der Waals surface area contributed by atoms with E-state index in [2.05, 4.69) is 25.5 Å². The Morgan fingerprint density at radius 1 is 1.17 bits per heavy atom. The molecule has 1 fully saturated rings. The molecule has 5 rings (SSSR count). The lowest BCUT2D eigenvalue weighted by molar-refractivity contribution is -0.129. The van der Waals surface area contributed by atoms with E-state index in [9.17, 15) is 18.0 Å². The minimum atomic E-state index is -2.64. The van der Waals surface area contributed by atoms with Crippen LogP contribution in [0.1, 0.15) is 24.1 Å². The average Bonchev–Trinajstić information content (AvgIpc) is 3.32. The third kappa shape index (κ3) is 4.19. The number of nitrogens with one attached hydrogen (secondary N) is 1. The van der Waals surface area contributed by atoms with Crippen LogP contribution in [-0.2, 0) is 11.2 Å². The number of pyridine rings is 1. The molecule has 1 saturated heterocycles. The van der Waals surface area contributed by atoms with Crippen LogP contribution < -0.4 is 10.2 Å². The lowest BCUT2D eigenvalue weighted by Gasteiger charge is -2.33. The van der Waals surface area contributed by atoms with Crippen LogP contribution >= 0.6 is 0 Å². The molecule has 0 unspecified atom stereocenters. The van der Waals surface area contributed by atoms with Gasteiger partial charge in [0.2, 0.25) is 12.3 Å². The zero-order chi connectivity index (χ0) is 24.7. The minimum absolute atomic E-state index is 0.00977. The van der Waals surface area contributed by atoms with Gasteiger partial charge in [-0.2, -0.15) is 0 Å². The standard InChI is InChI=1S/C23H23F3N8O/c1-13(15-5-3-4-14(20(15)26)8-18(24)25)30-21-16-9-17(33-7-6-32(2)19(35)10-33)23-31-29-12-34(23)22(16)28-11-27-21/h3-5,9,11-13,18H,6-8,10H2,1-2H3,(H,27,28,30)/t13-/m1/s1. The zero-order valence-corrected chi connectivity index (χ0v) is 19.1. The van der Waals surface area contributed by atoms with Crippen molar-refractivity contribution in [1.82, 2.24) is 29.5 Å². The van der Waals surface area contributed by atoms with Gasteiger partial charge in [0.1, 0.15) is 24.3 Å². The van der Waals surface area contributed by atoms with Gasteiger partial charge in [-0.1, -0.05) is 18.2 Å². The summed E-state index contributed by atoms with van der Waals surface area (Å²) in [5.74, 6) is -0.244. The van der Waals surface area contributed by atoms with E-state index in [4.69, 9.17) is 0 Å². The maximum absolute atomic E-state index is 15.0. The van der Waals surface area contributed by atoms with Crippen LogP contribution in [0, 0.1) is 5.82 Å². The highest BCUT2D eigenvalue weighted by atomic mass is 19.3. The number of nitrogens with zero attached hydrogens (tertiary/aromatic N) is 7. The van der Waals surface area contributed by atoms with Crippen molar-refractivity contribution >= 4 is 34.1 Å². The smallest absolute Gasteiger partial charge is 0.242 e. The molecule has 0 aliphatic carbocycles. The van der Waals surface area contributed by atoms with Crippen LogP contribution in [0.15, 0.2) is 36.9 Å². The van der Waals surface area contributed by atoms with Crippen LogP contribution in [0.25, 0.3) is 16.7 Å². The second-order valence-corrected chi connectivity index (χ2v) is 8.53. The van der Waals surface area contributed by atoms with Gasteiger partial charge < -0.3 is 15.1 Å². The molecular formula is C23H23F3N8O. The summed E-state index contributed by atoms with van der Waals surface area (Å²) < 4.78 is 42.4. The van der Waals surface area contributed by atoms with Crippen molar-refractivity contribution in [3.63, 3.8) is 0 Å². The molecule has 9 nitrogen and oxygen atoms in total. The van der Waals surface area contributed by atoms with Crippen molar-refractivity contribution in [3.05, 3.63) is 53.9 Å². The van der Waals surface area contributed by atoms with Gasteiger partial charge in [-0.15, -0.1) is 10.2 Å². The summed E-state index contributed by atoms with van der Waals surface area (Å²) in [6.07, 6.45) is -0.381. The number of halogens is 3. The number of anilines is 2. The number of carbonyl (C=O) groups excluding carboxylic acids is 1. The second-order valence-electron chi connectivity index (χ2n) is 8.53. The SMILES string of the molecule is C[C@@H](Nc1ncnc2c1cc(N1CCN(C)C(=O)C1)c1nncn12)c1cccc(CC(F)F)c1F. The van der Waals surface area contributed by atoms with E-state index in [1.807, 2.05) is 11.0 Å². The van der Waals surface area contributed by atoms with E-state index in [1.165, 1.54) is 18.7 Å². The number of rotatable bonds is 6. The number of hydrogen-bond donors (Lipinski definition) is 1.